The largest absolute Gasteiger partial charge is 0.488 e. The van der Waals surface area contributed by atoms with Crippen molar-refractivity contribution in [2.75, 3.05) is 0 Å². The monoisotopic (exact) mass is 448 g/mol. The van der Waals surface area contributed by atoms with Gasteiger partial charge in [-0.2, -0.15) is 15.6 Å². The van der Waals surface area contributed by atoms with Gasteiger partial charge in [-0.3, -0.25) is 4.79 Å². The van der Waals surface area contributed by atoms with Crippen molar-refractivity contribution >= 4 is 22.9 Å². The number of carbonyl (C=O) groups is 1. The Balaban J connectivity index is 1.60. The lowest BCUT2D eigenvalue weighted by Crippen LogP contribution is -2.19. The van der Waals surface area contributed by atoms with Crippen LogP contribution in [0.2, 0.25) is 0 Å². The van der Waals surface area contributed by atoms with E-state index in [0.29, 0.717) is 16.9 Å². The highest BCUT2D eigenvalue weighted by Crippen LogP contribution is 2.27. The first kappa shape index (κ1) is 22.2. The molecule has 0 aliphatic rings. The molecule has 0 saturated carbocycles. The van der Waals surface area contributed by atoms with E-state index in [1.54, 1.807) is 18.2 Å². The molecule has 0 unspecified atom stereocenters. The Morgan fingerprint density at radius 1 is 1.00 bits per heavy atom. The molecule has 0 saturated heterocycles. The van der Waals surface area contributed by atoms with Crippen LogP contribution in [-0.4, -0.2) is 12.1 Å². The maximum atomic E-state index is 14.1. The molecule has 0 heterocycles. The molecule has 0 atom stereocenters. The van der Waals surface area contributed by atoms with Gasteiger partial charge in [-0.25, -0.2) is 9.82 Å². The van der Waals surface area contributed by atoms with Gasteiger partial charge < -0.3 is 4.74 Å². The van der Waals surface area contributed by atoms with Crippen LogP contribution in [0.25, 0.3) is 10.8 Å². The number of nitrogens with zero attached hydrogens (tertiary/aromatic N) is 3. The molecule has 0 spiro atoms. The minimum Gasteiger partial charge on any atom is -0.488 e. The molecule has 4 aromatic rings. The SMILES string of the molecule is N#Cc1ccc(C(=O)N/N=C/c2c(OCc3ccccc3C#N)ccc3ccccc23)c(F)c1. The molecular formula is C27H17FN4O2. The molecule has 4 aromatic carbocycles. The molecule has 4 rings (SSSR count). The lowest BCUT2D eigenvalue weighted by Gasteiger charge is -2.12. The van der Waals surface area contributed by atoms with E-state index in [-0.39, 0.29) is 17.7 Å². The smallest absolute Gasteiger partial charge is 0.274 e. The number of carbonyl (C=O) groups excluding carboxylic acids is 1. The van der Waals surface area contributed by atoms with Crippen molar-refractivity contribution < 1.29 is 13.9 Å². The van der Waals surface area contributed by atoms with Gasteiger partial charge in [0.15, 0.2) is 0 Å². The fourth-order valence-corrected chi connectivity index (χ4v) is 3.43. The molecule has 0 radical (unpaired) electrons. The highest BCUT2D eigenvalue weighted by Gasteiger charge is 2.13. The Hall–Kier alpha value is -5.01. The Kier molecular flexibility index (Phi) is 6.58. The van der Waals surface area contributed by atoms with Crippen molar-refractivity contribution in [3.8, 4) is 17.9 Å². The van der Waals surface area contributed by atoms with Crippen LogP contribution in [0.4, 0.5) is 4.39 Å². The van der Waals surface area contributed by atoms with Crippen LogP contribution in [0, 0.1) is 28.5 Å². The molecular weight excluding hydrogens is 431 g/mol. The zero-order valence-corrected chi connectivity index (χ0v) is 17.8. The van der Waals surface area contributed by atoms with Crippen LogP contribution in [-0.2, 0) is 6.61 Å². The predicted octanol–water partition coefficient (Wildman–Crippen LogP) is 5.07. The number of hydrogen-bond donors (Lipinski definition) is 1. The third kappa shape index (κ3) is 4.74. The second-order valence-corrected chi connectivity index (χ2v) is 7.26. The van der Waals surface area contributed by atoms with Gasteiger partial charge in [0.05, 0.1) is 35.0 Å². The second kappa shape index (κ2) is 10.1. The number of benzene rings is 4. The normalized spacial score (nSPS) is 10.6. The number of fused-ring (bicyclic) bond motifs is 1. The number of hydrazone groups is 1. The summed E-state index contributed by atoms with van der Waals surface area (Å²) in [6, 6.07) is 26.0. The summed E-state index contributed by atoms with van der Waals surface area (Å²) in [6.45, 7) is 0.172. The number of ether oxygens (including phenoxy) is 1. The van der Waals surface area contributed by atoms with E-state index in [1.165, 1.54) is 18.3 Å². The Bertz CT molecular complexity index is 1500. The fraction of sp³-hybridized carbons (Fsp3) is 0.0370. The fourth-order valence-electron chi connectivity index (χ4n) is 3.43. The van der Waals surface area contributed by atoms with E-state index >= 15 is 0 Å². The van der Waals surface area contributed by atoms with Crippen LogP contribution in [0.15, 0.2) is 84.0 Å². The summed E-state index contributed by atoms with van der Waals surface area (Å²) in [7, 11) is 0. The Morgan fingerprint density at radius 2 is 1.79 bits per heavy atom. The van der Waals surface area contributed by atoms with E-state index in [9.17, 15) is 14.4 Å². The van der Waals surface area contributed by atoms with E-state index in [2.05, 4.69) is 16.6 Å². The molecule has 0 aromatic heterocycles. The summed E-state index contributed by atoms with van der Waals surface area (Å²) >= 11 is 0. The number of rotatable bonds is 6. The first-order chi connectivity index (χ1) is 16.6. The van der Waals surface area contributed by atoms with E-state index in [0.717, 1.165) is 22.4 Å². The molecule has 1 N–H and O–H groups in total. The van der Waals surface area contributed by atoms with Gasteiger partial charge in [0.2, 0.25) is 0 Å². The van der Waals surface area contributed by atoms with Crippen LogP contribution < -0.4 is 10.2 Å². The van der Waals surface area contributed by atoms with Gasteiger partial charge in [-0.15, -0.1) is 0 Å². The number of amides is 1. The average Bonchev–Trinajstić information content (AvgIpc) is 2.87. The lowest BCUT2D eigenvalue weighted by molar-refractivity contribution is 0.0951. The van der Waals surface area contributed by atoms with Crippen LogP contribution in [0.1, 0.15) is 32.6 Å². The van der Waals surface area contributed by atoms with Gasteiger partial charge in [0.1, 0.15) is 18.2 Å². The average molecular weight is 448 g/mol. The van der Waals surface area contributed by atoms with Gasteiger partial charge in [-0.1, -0.05) is 48.5 Å². The van der Waals surface area contributed by atoms with Gasteiger partial charge in [-0.05, 0) is 41.1 Å². The van der Waals surface area contributed by atoms with E-state index in [4.69, 9.17) is 10.00 Å². The quantitative estimate of drug-likeness (QED) is 0.329. The number of hydrogen-bond acceptors (Lipinski definition) is 5. The summed E-state index contributed by atoms with van der Waals surface area (Å²) in [5.41, 5.74) is 4.10. The zero-order valence-electron chi connectivity index (χ0n) is 17.8. The molecule has 0 aliphatic heterocycles. The standard InChI is InChI=1S/C27H17FN4O2/c28-25-13-18(14-29)9-11-23(25)27(33)32-31-16-24-22-8-4-3-5-19(22)10-12-26(24)34-17-21-7-2-1-6-20(21)15-30/h1-13,16H,17H2,(H,32,33)/b31-16+. The molecule has 0 bridgehead atoms. The van der Waals surface area contributed by atoms with Crippen LogP contribution in [0.5, 0.6) is 5.75 Å². The van der Waals surface area contributed by atoms with Gasteiger partial charge >= 0.3 is 0 Å². The van der Waals surface area contributed by atoms with Crippen molar-refractivity contribution in [2.24, 2.45) is 5.10 Å². The molecule has 7 heteroatoms. The summed E-state index contributed by atoms with van der Waals surface area (Å²) in [5, 5.41) is 24.0. The summed E-state index contributed by atoms with van der Waals surface area (Å²) in [6.07, 6.45) is 1.44. The maximum Gasteiger partial charge on any atom is 0.274 e. The molecule has 164 valence electrons. The van der Waals surface area contributed by atoms with Crippen LogP contribution >= 0.6 is 0 Å². The van der Waals surface area contributed by atoms with Gasteiger partial charge in [0, 0.05) is 11.1 Å². The minimum absolute atomic E-state index is 0.119. The third-order valence-corrected chi connectivity index (χ3v) is 5.15. The number of halogens is 1. The minimum atomic E-state index is -0.808. The van der Waals surface area contributed by atoms with Crippen molar-refractivity contribution in [1.29, 1.82) is 10.5 Å². The van der Waals surface area contributed by atoms with Crippen LogP contribution in [0.3, 0.4) is 0 Å². The Labute approximate surface area is 195 Å². The molecule has 1 amide bonds. The molecule has 0 fully saturated rings. The summed E-state index contributed by atoms with van der Waals surface area (Å²) in [5.74, 6) is -1.05. The van der Waals surface area contributed by atoms with Crippen molar-refractivity contribution in [3.05, 3.63) is 112 Å². The van der Waals surface area contributed by atoms with E-state index in [1.807, 2.05) is 48.5 Å². The first-order valence-corrected chi connectivity index (χ1v) is 10.3. The summed E-state index contributed by atoms with van der Waals surface area (Å²) < 4.78 is 20.1. The topological polar surface area (TPSA) is 98.3 Å². The Morgan fingerprint density at radius 3 is 2.59 bits per heavy atom. The maximum absolute atomic E-state index is 14.1. The molecule has 0 aliphatic carbocycles. The zero-order chi connectivity index (χ0) is 23.9. The van der Waals surface area contributed by atoms with Crippen molar-refractivity contribution in [3.63, 3.8) is 0 Å². The third-order valence-electron chi connectivity index (χ3n) is 5.15. The van der Waals surface area contributed by atoms with Crippen molar-refractivity contribution in [2.45, 2.75) is 6.61 Å². The highest BCUT2D eigenvalue weighted by molar-refractivity contribution is 6.03. The second-order valence-electron chi connectivity index (χ2n) is 7.26. The predicted molar refractivity (Wildman–Crippen MR) is 126 cm³/mol. The number of nitriles is 2. The lowest BCUT2D eigenvalue weighted by atomic mass is 10.0. The van der Waals surface area contributed by atoms with Gasteiger partial charge in [0.25, 0.3) is 5.91 Å². The first-order valence-electron chi connectivity index (χ1n) is 10.3. The summed E-state index contributed by atoms with van der Waals surface area (Å²) in [4.78, 5) is 12.4. The van der Waals surface area contributed by atoms with Crippen molar-refractivity contribution in [1.82, 2.24) is 5.43 Å². The molecule has 6 nitrogen and oxygen atoms in total. The highest BCUT2D eigenvalue weighted by atomic mass is 19.1. The number of nitrogens with one attached hydrogen (secondary N) is 1. The molecule has 34 heavy (non-hydrogen) atoms. The van der Waals surface area contributed by atoms with E-state index < -0.39 is 11.7 Å².